The molecule has 0 saturated carbocycles. The average molecular weight is 396 g/mol. The van der Waals surface area contributed by atoms with Crippen molar-refractivity contribution in [3.8, 4) is 5.69 Å². The van der Waals surface area contributed by atoms with Crippen LogP contribution in [0.1, 0.15) is 29.1 Å². The maximum Gasteiger partial charge on any atom is 0.262 e. The predicted octanol–water partition coefficient (Wildman–Crippen LogP) is 3.63. The largest absolute Gasteiger partial charge is 0.291 e. The zero-order valence-electron chi connectivity index (χ0n) is 14.5. The van der Waals surface area contributed by atoms with Gasteiger partial charge >= 0.3 is 0 Å². The van der Waals surface area contributed by atoms with Gasteiger partial charge in [-0.05, 0) is 55.6 Å². The van der Waals surface area contributed by atoms with Crippen molar-refractivity contribution in [1.82, 2.24) is 24.3 Å². The molecule has 1 aromatic carbocycles. The Kier molecular flexibility index (Phi) is 4.02. The first-order chi connectivity index (χ1) is 13.2. The molecule has 0 bridgehead atoms. The molecule has 0 atom stereocenters. The Morgan fingerprint density at radius 2 is 2.00 bits per heavy atom. The Balaban J connectivity index is 1.62. The summed E-state index contributed by atoms with van der Waals surface area (Å²) in [6.45, 7) is 0.314. The second kappa shape index (κ2) is 6.54. The minimum absolute atomic E-state index is 0.00734. The van der Waals surface area contributed by atoms with E-state index in [0.29, 0.717) is 17.1 Å². The quantitative estimate of drug-likeness (QED) is 0.538. The summed E-state index contributed by atoms with van der Waals surface area (Å²) in [5, 5.41) is 7.97. The maximum absolute atomic E-state index is 13.2. The van der Waals surface area contributed by atoms with E-state index in [-0.39, 0.29) is 5.56 Å². The molecule has 3 heterocycles. The second-order valence-electron chi connectivity index (χ2n) is 6.68. The molecular weight excluding hydrogens is 378 g/mol. The fourth-order valence-corrected chi connectivity index (χ4v) is 5.20. The van der Waals surface area contributed by atoms with Crippen molar-refractivity contribution in [3.63, 3.8) is 0 Å². The van der Waals surface area contributed by atoms with Crippen molar-refractivity contribution in [2.24, 2.45) is 0 Å². The molecule has 1 aliphatic rings. The molecule has 0 fully saturated rings. The third-order valence-electron chi connectivity index (χ3n) is 5.01. The normalized spacial score (nSPS) is 13.8. The fourth-order valence-electron chi connectivity index (χ4n) is 3.73. The van der Waals surface area contributed by atoms with Gasteiger partial charge in [-0.1, -0.05) is 18.2 Å². The minimum atomic E-state index is 0.00734. The molecule has 136 valence electrons. The Bertz CT molecular complexity index is 1250. The van der Waals surface area contributed by atoms with Crippen molar-refractivity contribution in [1.29, 1.82) is 0 Å². The van der Waals surface area contributed by atoms with Gasteiger partial charge in [0.1, 0.15) is 4.83 Å². The van der Waals surface area contributed by atoms with E-state index in [0.717, 1.165) is 35.2 Å². The number of thiophene rings is 1. The number of H-pyrrole nitrogens is 1. The molecule has 5 rings (SSSR count). The van der Waals surface area contributed by atoms with E-state index in [2.05, 4.69) is 15.2 Å². The van der Waals surface area contributed by atoms with Crippen LogP contribution in [-0.4, -0.2) is 24.3 Å². The van der Waals surface area contributed by atoms with Gasteiger partial charge in [0.15, 0.2) is 10.6 Å². The number of hydrogen-bond donors (Lipinski definition) is 1. The van der Waals surface area contributed by atoms with Gasteiger partial charge in [-0.3, -0.25) is 19.0 Å². The van der Waals surface area contributed by atoms with E-state index in [4.69, 9.17) is 12.2 Å². The predicted molar refractivity (Wildman–Crippen MR) is 108 cm³/mol. The molecule has 8 heteroatoms. The van der Waals surface area contributed by atoms with Gasteiger partial charge in [-0.15, -0.1) is 11.3 Å². The Hall–Kier alpha value is -2.58. The second-order valence-corrected chi connectivity index (χ2v) is 8.15. The first kappa shape index (κ1) is 16.6. The van der Waals surface area contributed by atoms with E-state index in [1.54, 1.807) is 22.2 Å². The standard InChI is InChI=1S/C19H17N5OS2/c25-18-16-13-8-4-5-9-14(13)27-17(16)20-11-23(18)10-15-21-22-19(26)24(15)12-6-2-1-3-7-12/h1-3,6-7,11H,4-5,8-10H2,(H,22,26). The van der Waals surface area contributed by atoms with E-state index in [1.165, 1.54) is 16.9 Å². The van der Waals surface area contributed by atoms with E-state index in [9.17, 15) is 4.79 Å². The number of rotatable bonds is 3. The lowest BCUT2D eigenvalue weighted by atomic mass is 9.97. The van der Waals surface area contributed by atoms with Gasteiger partial charge in [0, 0.05) is 10.6 Å². The van der Waals surface area contributed by atoms with Crippen LogP contribution < -0.4 is 5.56 Å². The van der Waals surface area contributed by atoms with Gasteiger partial charge < -0.3 is 0 Å². The van der Waals surface area contributed by atoms with Gasteiger partial charge in [0.05, 0.1) is 18.3 Å². The third-order valence-corrected chi connectivity index (χ3v) is 6.48. The third kappa shape index (κ3) is 2.76. The van der Waals surface area contributed by atoms with Crippen LogP contribution in [-0.2, 0) is 19.4 Å². The summed E-state index contributed by atoms with van der Waals surface area (Å²) in [5.41, 5.74) is 2.13. The SMILES string of the molecule is O=c1c2c3c(sc2ncn1Cc1n[nH]c(=S)n1-c1ccccc1)CCCC3. The molecule has 1 aliphatic carbocycles. The maximum atomic E-state index is 13.2. The number of nitrogens with zero attached hydrogens (tertiary/aromatic N) is 4. The van der Waals surface area contributed by atoms with Crippen molar-refractivity contribution in [2.45, 2.75) is 32.2 Å². The number of para-hydroxylation sites is 1. The van der Waals surface area contributed by atoms with Gasteiger partial charge in [0.2, 0.25) is 0 Å². The summed E-state index contributed by atoms with van der Waals surface area (Å²) in [6.07, 6.45) is 5.99. The molecule has 6 nitrogen and oxygen atoms in total. The lowest BCUT2D eigenvalue weighted by Crippen LogP contribution is -2.23. The fraction of sp³-hybridized carbons (Fsp3) is 0.263. The molecule has 1 N–H and O–H groups in total. The molecule has 0 unspecified atom stereocenters. The van der Waals surface area contributed by atoms with Crippen molar-refractivity contribution < 1.29 is 0 Å². The van der Waals surface area contributed by atoms with E-state index >= 15 is 0 Å². The summed E-state index contributed by atoms with van der Waals surface area (Å²) in [6, 6.07) is 9.79. The van der Waals surface area contributed by atoms with Gasteiger partial charge in [-0.2, -0.15) is 5.10 Å². The lowest BCUT2D eigenvalue weighted by molar-refractivity contribution is 0.684. The highest BCUT2D eigenvalue weighted by Gasteiger charge is 2.20. The number of nitrogens with one attached hydrogen (secondary N) is 1. The van der Waals surface area contributed by atoms with Crippen LogP contribution in [0.15, 0.2) is 41.5 Å². The van der Waals surface area contributed by atoms with Crippen LogP contribution in [0.5, 0.6) is 0 Å². The van der Waals surface area contributed by atoms with Crippen LogP contribution in [0, 0.1) is 4.77 Å². The van der Waals surface area contributed by atoms with Crippen molar-refractivity contribution in [2.75, 3.05) is 0 Å². The molecule has 0 saturated heterocycles. The van der Waals surface area contributed by atoms with Crippen LogP contribution >= 0.6 is 23.6 Å². The Labute approximate surface area is 164 Å². The smallest absolute Gasteiger partial charge is 0.262 e. The summed E-state index contributed by atoms with van der Waals surface area (Å²) in [5.74, 6) is 0.679. The number of benzene rings is 1. The lowest BCUT2D eigenvalue weighted by Gasteiger charge is -2.11. The zero-order valence-corrected chi connectivity index (χ0v) is 16.1. The molecule has 4 aromatic rings. The van der Waals surface area contributed by atoms with Crippen LogP contribution in [0.4, 0.5) is 0 Å². The highest BCUT2D eigenvalue weighted by molar-refractivity contribution is 7.71. The monoisotopic (exact) mass is 395 g/mol. The number of hydrogen-bond acceptors (Lipinski definition) is 5. The Morgan fingerprint density at radius 1 is 1.19 bits per heavy atom. The molecule has 3 aromatic heterocycles. The highest BCUT2D eigenvalue weighted by Crippen LogP contribution is 2.33. The van der Waals surface area contributed by atoms with Crippen LogP contribution in [0.25, 0.3) is 15.9 Å². The van der Waals surface area contributed by atoms with Gasteiger partial charge in [-0.25, -0.2) is 4.98 Å². The van der Waals surface area contributed by atoms with Crippen LogP contribution in [0.2, 0.25) is 0 Å². The van der Waals surface area contributed by atoms with E-state index in [1.807, 2.05) is 34.9 Å². The molecule has 0 spiro atoms. The molecule has 0 aliphatic heterocycles. The zero-order chi connectivity index (χ0) is 18.4. The van der Waals surface area contributed by atoms with Crippen LogP contribution in [0.3, 0.4) is 0 Å². The first-order valence-corrected chi connectivity index (χ1v) is 10.2. The number of aryl methyl sites for hydroxylation is 2. The summed E-state index contributed by atoms with van der Waals surface area (Å²) >= 11 is 7.06. The summed E-state index contributed by atoms with van der Waals surface area (Å²) in [4.78, 5) is 19.9. The van der Waals surface area contributed by atoms with Crippen molar-refractivity contribution in [3.05, 3.63) is 68.0 Å². The summed E-state index contributed by atoms with van der Waals surface area (Å²) in [7, 11) is 0. The topological polar surface area (TPSA) is 68.5 Å². The Morgan fingerprint density at radius 3 is 2.85 bits per heavy atom. The van der Waals surface area contributed by atoms with Crippen molar-refractivity contribution >= 4 is 33.8 Å². The minimum Gasteiger partial charge on any atom is -0.291 e. The number of aromatic amines is 1. The van der Waals surface area contributed by atoms with Gasteiger partial charge in [0.25, 0.3) is 5.56 Å². The number of fused-ring (bicyclic) bond motifs is 3. The molecule has 0 radical (unpaired) electrons. The number of aromatic nitrogens is 5. The van der Waals surface area contributed by atoms with E-state index < -0.39 is 0 Å². The molecular formula is C19H17N5OS2. The molecule has 27 heavy (non-hydrogen) atoms. The highest BCUT2D eigenvalue weighted by atomic mass is 32.1. The molecule has 0 amide bonds. The summed E-state index contributed by atoms with van der Waals surface area (Å²) < 4.78 is 4.00. The first-order valence-electron chi connectivity index (χ1n) is 8.94. The average Bonchev–Trinajstić information content (AvgIpc) is 3.25.